The lowest BCUT2D eigenvalue weighted by atomic mass is 10.1. The van der Waals surface area contributed by atoms with Crippen LogP contribution in [0.2, 0.25) is 0 Å². The summed E-state index contributed by atoms with van der Waals surface area (Å²) >= 11 is 0. The summed E-state index contributed by atoms with van der Waals surface area (Å²) in [4.78, 5) is 12.4. The van der Waals surface area contributed by atoms with Crippen LogP contribution in [0.3, 0.4) is 0 Å². The molecule has 2 aromatic rings. The lowest BCUT2D eigenvalue weighted by Crippen LogP contribution is -2.26. The highest BCUT2D eigenvalue weighted by Gasteiger charge is 2.12. The number of hydrogen-bond acceptors (Lipinski definition) is 3. The van der Waals surface area contributed by atoms with Crippen molar-refractivity contribution in [1.29, 1.82) is 5.26 Å². The number of benzene rings is 1. The third-order valence-corrected chi connectivity index (χ3v) is 4.57. The molecular weight excluding hydrogens is 376 g/mol. The maximum atomic E-state index is 12.4. The van der Waals surface area contributed by atoms with Crippen LogP contribution in [0.1, 0.15) is 35.9 Å². The fraction of sp³-hybridized carbons (Fsp3) is 0.364. The number of alkyl halides is 2. The second-order valence-electron chi connectivity index (χ2n) is 6.68. The Hall–Kier alpha value is -3.14. The number of hydrogen-bond donors (Lipinski definition) is 1. The van der Waals surface area contributed by atoms with E-state index in [1.165, 1.54) is 12.1 Å². The van der Waals surface area contributed by atoms with Gasteiger partial charge in [-0.15, -0.1) is 0 Å². The minimum Gasteiger partial charge on any atom is -0.435 e. The standard InChI is InChI=1S/C22H25F2N3O2/c1-4-11-27-15(2)12-18(16(27)3)13-19(14-25)21(28)26-10-9-17-5-7-20(8-6-17)29-22(23)24/h5-8,12-13,22H,4,9-11H2,1-3H3,(H,26,28)/b19-13+. The van der Waals surface area contributed by atoms with Crippen molar-refractivity contribution in [1.82, 2.24) is 9.88 Å². The third kappa shape index (κ3) is 6.18. The molecule has 1 N–H and O–H groups in total. The number of aromatic nitrogens is 1. The van der Waals surface area contributed by atoms with Crippen LogP contribution in [0.5, 0.6) is 5.75 Å². The Morgan fingerprint density at radius 3 is 2.59 bits per heavy atom. The number of nitrogens with one attached hydrogen (secondary N) is 1. The molecule has 29 heavy (non-hydrogen) atoms. The van der Waals surface area contributed by atoms with Crippen molar-refractivity contribution in [3.8, 4) is 11.8 Å². The molecule has 0 radical (unpaired) electrons. The molecule has 1 aromatic heterocycles. The van der Waals surface area contributed by atoms with Gasteiger partial charge in [0.1, 0.15) is 17.4 Å². The van der Waals surface area contributed by atoms with Gasteiger partial charge < -0.3 is 14.6 Å². The Labute approximate surface area is 169 Å². The Kier molecular flexibility index (Phi) is 7.96. The third-order valence-electron chi connectivity index (χ3n) is 4.57. The first-order chi connectivity index (χ1) is 13.8. The number of nitriles is 1. The van der Waals surface area contributed by atoms with Crippen molar-refractivity contribution in [2.45, 2.75) is 46.8 Å². The van der Waals surface area contributed by atoms with Gasteiger partial charge in [-0.25, -0.2) is 0 Å². The van der Waals surface area contributed by atoms with Crippen molar-refractivity contribution in [2.24, 2.45) is 0 Å². The fourth-order valence-electron chi connectivity index (χ4n) is 3.10. The van der Waals surface area contributed by atoms with E-state index in [-0.39, 0.29) is 11.3 Å². The van der Waals surface area contributed by atoms with E-state index in [4.69, 9.17) is 0 Å². The predicted octanol–water partition coefficient (Wildman–Crippen LogP) is 4.38. The first-order valence-corrected chi connectivity index (χ1v) is 9.46. The number of halogens is 2. The average molecular weight is 401 g/mol. The molecule has 0 unspecified atom stereocenters. The van der Waals surface area contributed by atoms with Gasteiger partial charge in [-0.1, -0.05) is 19.1 Å². The second-order valence-corrected chi connectivity index (χ2v) is 6.68. The van der Waals surface area contributed by atoms with Crippen LogP contribution in [0.4, 0.5) is 8.78 Å². The highest BCUT2D eigenvalue weighted by atomic mass is 19.3. The van der Waals surface area contributed by atoms with Crippen LogP contribution in [-0.2, 0) is 17.8 Å². The zero-order valence-corrected chi connectivity index (χ0v) is 16.8. The lowest BCUT2D eigenvalue weighted by Gasteiger charge is -2.08. The first-order valence-electron chi connectivity index (χ1n) is 9.46. The number of amides is 1. The average Bonchev–Trinajstić information content (AvgIpc) is 2.94. The van der Waals surface area contributed by atoms with E-state index in [2.05, 4.69) is 21.5 Å². The normalized spacial score (nSPS) is 11.4. The smallest absolute Gasteiger partial charge is 0.387 e. The summed E-state index contributed by atoms with van der Waals surface area (Å²) in [5, 5.41) is 12.1. The van der Waals surface area contributed by atoms with Crippen LogP contribution in [-0.4, -0.2) is 23.6 Å². The van der Waals surface area contributed by atoms with Gasteiger partial charge >= 0.3 is 6.61 Å². The maximum absolute atomic E-state index is 12.4. The molecule has 0 aliphatic carbocycles. The molecular formula is C22H25F2N3O2. The predicted molar refractivity (Wildman–Crippen MR) is 108 cm³/mol. The van der Waals surface area contributed by atoms with E-state index in [9.17, 15) is 18.8 Å². The lowest BCUT2D eigenvalue weighted by molar-refractivity contribution is -0.117. The molecule has 0 fully saturated rings. The van der Waals surface area contributed by atoms with E-state index in [0.717, 1.165) is 35.5 Å². The SMILES string of the molecule is CCCn1c(C)cc(/C=C(\C#N)C(=O)NCCc2ccc(OC(F)F)cc2)c1C. The van der Waals surface area contributed by atoms with E-state index in [1.807, 2.05) is 26.0 Å². The molecule has 1 amide bonds. The Balaban J connectivity index is 1.97. The second kappa shape index (κ2) is 10.4. The van der Waals surface area contributed by atoms with E-state index in [0.29, 0.717) is 13.0 Å². The fourth-order valence-corrected chi connectivity index (χ4v) is 3.10. The van der Waals surface area contributed by atoms with Crippen molar-refractivity contribution in [2.75, 3.05) is 6.54 Å². The van der Waals surface area contributed by atoms with Crippen LogP contribution in [0.15, 0.2) is 35.9 Å². The Morgan fingerprint density at radius 2 is 2.00 bits per heavy atom. The van der Waals surface area contributed by atoms with Crippen molar-refractivity contribution in [3.05, 3.63) is 58.4 Å². The number of rotatable bonds is 9. The van der Waals surface area contributed by atoms with Crippen LogP contribution in [0.25, 0.3) is 6.08 Å². The number of ether oxygens (including phenoxy) is 1. The number of nitrogens with zero attached hydrogens (tertiary/aromatic N) is 2. The van der Waals surface area contributed by atoms with Gasteiger partial charge in [-0.2, -0.15) is 14.0 Å². The summed E-state index contributed by atoms with van der Waals surface area (Å²) in [5.74, 6) is -0.353. The summed E-state index contributed by atoms with van der Waals surface area (Å²) in [5.41, 5.74) is 3.88. The van der Waals surface area contributed by atoms with E-state index in [1.54, 1.807) is 18.2 Å². The molecule has 0 bridgehead atoms. The maximum Gasteiger partial charge on any atom is 0.387 e. The van der Waals surface area contributed by atoms with Crippen LogP contribution >= 0.6 is 0 Å². The summed E-state index contributed by atoms with van der Waals surface area (Å²) in [6, 6.07) is 10.2. The van der Waals surface area contributed by atoms with Crippen LogP contribution in [0, 0.1) is 25.2 Å². The Morgan fingerprint density at radius 1 is 1.31 bits per heavy atom. The number of aryl methyl sites for hydroxylation is 1. The molecule has 154 valence electrons. The van der Waals surface area contributed by atoms with Crippen LogP contribution < -0.4 is 10.1 Å². The van der Waals surface area contributed by atoms with Crippen molar-refractivity contribution >= 4 is 12.0 Å². The molecule has 0 aliphatic rings. The molecule has 0 saturated carbocycles. The molecule has 1 aromatic carbocycles. The number of carbonyl (C=O) groups is 1. The van der Waals surface area contributed by atoms with Gasteiger partial charge in [0.2, 0.25) is 0 Å². The van der Waals surface area contributed by atoms with Crippen molar-refractivity contribution in [3.63, 3.8) is 0 Å². The van der Waals surface area contributed by atoms with Gasteiger partial charge in [0, 0.05) is 24.5 Å². The summed E-state index contributed by atoms with van der Waals surface area (Å²) in [6.45, 7) is 4.43. The zero-order valence-electron chi connectivity index (χ0n) is 16.8. The summed E-state index contributed by atoms with van der Waals surface area (Å²) in [6.07, 6.45) is 3.12. The van der Waals surface area contributed by atoms with E-state index < -0.39 is 12.5 Å². The minimum absolute atomic E-state index is 0.0439. The van der Waals surface area contributed by atoms with Gasteiger partial charge in [-0.05, 0) is 62.1 Å². The first kappa shape index (κ1) is 22.2. The largest absolute Gasteiger partial charge is 0.435 e. The minimum atomic E-state index is -2.86. The van der Waals surface area contributed by atoms with Gasteiger partial charge in [0.25, 0.3) is 5.91 Å². The molecule has 2 rings (SSSR count). The highest BCUT2D eigenvalue weighted by molar-refractivity contribution is 6.01. The summed E-state index contributed by atoms with van der Waals surface area (Å²) < 4.78 is 30.8. The molecule has 0 atom stereocenters. The van der Waals surface area contributed by atoms with Gasteiger partial charge in [-0.3, -0.25) is 4.79 Å². The Bertz CT molecular complexity index is 909. The summed E-state index contributed by atoms with van der Waals surface area (Å²) in [7, 11) is 0. The topological polar surface area (TPSA) is 67.0 Å². The highest BCUT2D eigenvalue weighted by Crippen LogP contribution is 2.19. The number of carbonyl (C=O) groups excluding carboxylic acids is 1. The molecule has 0 saturated heterocycles. The van der Waals surface area contributed by atoms with Gasteiger partial charge in [0.05, 0.1) is 0 Å². The monoisotopic (exact) mass is 401 g/mol. The molecule has 5 nitrogen and oxygen atoms in total. The zero-order chi connectivity index (χ0) is 21.4. The molecule has 0 aliphatic heterocycles. The van der Waals surface area contributed by atoms with E-state index >= 15 is 0 Å². The molecule has 1 heterocycles. The molecule has 0 spiro atoms. The molecule has 7 heteroatoms. The quantitative estimate of drug-likeness (QED) is 0.501. The van der Waals surface area contributed by atoms with Gasteiger partial charge in [0.15, 0.2) is 0 Å². The van der Waals surface area contributed by atoms with Crippen molar-refractivity contribution < 1.29 is 18.3 Å².